The van der Waals surface area contributed by atoms with Gasteiger partial charge in [0.2, 0.25) is 0 Å². The number of nitrogens with zero attached hydrogens (tertiary/aromatic N) is 2. The van der Waals surface area contributed by atoms with Crippen LogP contribution in [0.15, 0.2) is 34.3 Å². The van der Waals surface area contributed by atoms with Crippen molar-refractivity contribution in [2.45, 2.75) is 25.5 Å². The van der Waals surface area contributed by atoms with Gasteiger partial charge in [-0.2, -0.15) is 0 Å². The van der Waals surface area contributed by atoms with Gasteiger partial charge in [-0.3, -0.25) is 14.2 Å². The molecule has 0 unspecified atom stereocenters. The molecule has 1 aliphatic heterocycles. The number of thioether (sulfide) groups is 1. The normalized spacial score (nSPS) is 13.0. The van der Waals surface area contributed by atoms with E-state index in [0.29, 0.717) is 17.4 Å². The molecule has 3 rings (SSSR count). The summed E-state index contributed by atoms with van der Waals surface area (Å²) in [6.45, 7) is 4.52. The minimum Gasteiger partial charge on any atom is -0.322 e. The van der Waals surface area contributed by atoms with E-state index in [9.17, 15) is 9.59 Å². The third-order valence-corrected chi connectivity index (χ3v) is 4.40. The Balaban J connectivity index is 1.91. The third-order valence-electron chi connectivity index (χ3n) is 3.43. The first-order valence-corrected chi connectivity index (χ1v) is 7.66. The third kappa shape index (κ3) is 2.58. The highest BCUT2D eigenvalue weighted by molar-refractivity contribution is 7.99. The summed E-state index contributed by atoms with van der Waals surface area (Å²) >= 11 is 1.53. The van der Waals surface area contributed by atoms with Crippen molar-refractivity contribution in [3.8, 4) is 0 Å². The lowest BCUT2D eigenvalue weighted by atomic mass is 10.1. The highest BCUT2D eigenvalue weighted by atomic mass is 32.2. The number of amides is 1. The van der Waals surface area contributed by atoms with Crippen molar-refractivity contribution in [1.82, 2.24) is 9.55 Å². The number of nitrogens with one attached hydrogen (secondary N) is 1. The van der Waals surface area contributed by atoms with Gasteiger partial charge < -0.3 is 5.32 Å². The molecular weight excluding hydrogens is 286 g/mol. The van der Waals surface area contributed by atoms with E-state index in [-0.39, 0.29) is 11.1 Å². The van der Waals surface area contributed by atoms with Crippen LogP contribution in [0, 0.1) is 13.8 Å². The Kier molecular flexibility index (Phi) is 3.55. The molecule has 0 fully saturated rings. The Morgan fingerprint density at radius 2 is 2.19 bits per heavy atom. The number of aryl methyl sites for hydroxylation is 2. The molecule has 0 radical (unpaired) electrons. The van der Waals surface area contributed by atoms with Crippen LogP contribution in [0.3, 0.4) is 0 Å². The van der Waals surface area contributed by atoms with Gasteiger partial charge in [0.25, 0.3) is 11.5 Å². The molecule has 0 aliphatic carbocycles. The van der Waals surface area contributed by atoms with E-state index in [1.807, 2.05) is 32.0 Å². The molecule has 0 atom stereocenters. The Bertz CT molecular complexity index is 783. The summed E-state index contributed by atoms with van der Waals surface area (Å²) in [5.41, 5.74) is 2.62. The van der Waals surface area contributed by atoms with Crippen molar-refractivity contribution in [2.75, 3.05) is 11.1 Å². The molecule has 5 nitrogen and oxygen atoms in total. The number of aromatic nitrogens is 2. The van der Waals surface area contributed by atoms with Crippen LogP contribution in [0.1, 0.15) is 21.5 Å². The van der Waals surface area contributed by atoms with Gasteiger partial charge in [0.15, 0.2) is 5.16 Å². The number of carbonyl (C=O) groups excluding carboxylic acids is 1. The van der Waals surface area contributed by atoms with Crippen molar-refractivity contribution in [3.63, 3.8) is 0 Å². The lowest BCUT2D eigenvalue weighted by Crippen LogP contribution is -2.29. The molecule has 21 heavy (non-hydrogen) atoms. The van der Waals surface area contributed by atoms with Crippen molar-refractivity contribution in [2.24, 2.45) is 0 Å². The Morgan fingerprint density at radius 1 is 1.38 bits per heavy atom. The summed E-state index contributed by atoms with van der Waals surface area (Å²) in [6, 6.07) is 5.75. The van der Waals surface area contributed by atoms with Gasteiger partial charge in [-0.25, -0.2) is 4.98 Å². The van der Waals surface area contributed by atoms with Gasteiger partial charge in [-0.05, 0) is 25.5 Å². The number of fused-ring (bicyclic) bond motifs is 1. The van der Waals surface area contributed by atoms with E-state index >= 15 is 0 Å². The molecule has 1 N–H and O–H groups in total. The molecule has 0 saturated heterocycles. The van der Waals surface area contributed by atoms with Gasteiger partial charge >= 0.3 is 0 Å². The molecule has 6 heteroatoms. The fraction of sp³-hybridized carbons (Fsp3) is 0.267. The lowest BCUT2D eigenvalue weighted by molar-refractivity contribution is 0.102. The Morgan fingerprint density at radius 3 is 2.95 bits per heavy atom. The van der Waals surface area contributed by atoms with Crippen molar-refractivity contribution in [1.29, 1.82) is 0 Å². The molecular formula is C15H15N3O2S. The Hall–Kier alpha value is -2.08. The van der Waals surface area contributed by atoms with E-state index in [4.69, 9.17) is 0 Å². The maximum atomic E-state index is 12.3. The fourth-order valence-electron chi connectivity index (χ4n) is 2.32. The number of rotatable bonds is 2. The van der Waals surface area contributed by atoms with Gasteiger partial charge in [-0.1, -0.05) is 29.5 Å². The van der Waals surface area contributed by atoms with E-state index in [0.717, 1.165) is 16.9 Å². The highest BCUT2D eigenvalue weighted by Crippen LogP contribution is 2.21. The highest BCUT2D eigenvalue weighted by Gasteiger charge is 2.20. The van der Waals surface area contributed by atoms with Crippen LogP contribution in [-0.2, 0) is 6.54 Å². The predicted octanol–water partition coefficient (Wildman–Crippen LogP) is 2.22. The zero-order valence-electron chi connectivity index (χ0n) is 11.8. The van der Waals surface area contributed by atoms with Crippen LogP contribution >= 0.6 is 11.8 Å². The van der Waals surface area contributed by atoms with Gasteiger partial charge in [0, 0.05) is 24.2 Å². The predicted molar refractivity (Wildman–Crippen MR) is 83.1 cm³/mol. The van der Waals surface area contributed by atoms with Gasteiger partial charge in [-0.15, -0.1) is 0 Å². The molecule has 1 amide bonds. The van der Waals surface area contributed by atoms with E-state index in [1.165, 1.54) is 18.0 Å². The number of hydrogen-bond acceptors (Lipinski definition) is 4. The molecule has 0 saturated carbocycles. The number of anilines is 1. The monoisotopic (exact) mass is 301 g/mol. The van der Waals surface area contributed by atoms with Crippen molar-refractivity contribution >= 4 is 23.4 Å². The van der Waals surface area contributed by atoms with Crippen LogP contribution in [0.25, 0.3) is 0 Å². The molecule has 1 aromatic carbocycles. The second-order valence-corrected chi connectivity index (χ2v) is 6.09. The quantitative estimate of drug-likeness (QED) is 0.864. The molecule has 1 aromatic heterocycles. The minimum absolute atomic E-state index is 0.0845. The van der Waals surface area contributed by atoms with E-state index < -0.39 is 5.91 Å². The van der Waals surface area contributed by atoms with Crippen LogP contribution in [0.4, 0.5) is 5.69 Å². The Labute approximate surface area is 126 Å². The molecule has 2 aromatic rings. The number of benzene rings is 1. The smallest absolute Gasteiger partial charge is 0.267 e. The first-order chi connectivity index (χ1) is 10.1. The maximum absolute atomic E-state index is 12.3. The first kappa shape index (κ1) is 13.9. The molecule has 108 valence electrons. The molecule has 2 heterocycles. The lowest BCUT2D eigenvalue weighted by Gasteiger charge is -2.09. The molecule has 1 aliphatic rings. The standard InChI is InChI=1S/C15H15N3O2S/c1-9-3-4-12(10(2)7-9)17-13(19)11-8-16-15-18(14(11)20)5-6-21-15/h3-4,7-8H,5-6H2,1-2H3,(H,17,19). The number of carbonyl (C=O) groups is 1. The topological polar surface area (TPSA) is 64.0 Å². The number of hydrogen-bond donors (Lipinski definition) is 1. The zero-order chi connectivity index (χ0) is 15.0. The summed E-state index contributed by atoms with van der Waals surface area (Å²) in [5.74, 6) is 0.413. The zero-order valence-corrected chi connectivity index (χ0v) is 12.7. The maximum Gasteiger partial charge on any atom is 0.267 e. The second kappa shape index (κ2) is 5.37. The average Bonchev–Trinajstić information content (AvgIpc) is 2.91. The second-order valence-electron chi connectivity index (χ2n) is 5.03. The minimum atomic E-state index is -0.411. The van der Waals surface area contributed by atoms with Crippen LogP contribution < -0.4 is 10.9 Å². The summed E-state index contributed by atoms with van der Waals surface area (Å²) in [5, 5.41) is 3.47. The van der Waals surface area contributed by atoms with Crippen LogP contribution in [-0.4, -0.2) is 21.2 Å². The largest absolute Gasteiger partial charge is 0.322 e. The summed E-state index contributed by atoms with van der Waals surface area (Å²) in [7, 11) is 0. The molecule has 0 bridgehead atoms. The average molecular weight is 301 g/mol. The summed E-state index contributed by atoms with van der Waals surface area (Å²) < 4.78 is 1.56. The van der Waals surface area contributed by atoms with Crippen LogP contribution in [0.5, 0.6) is 0 Å². The van der Waals surface area contributed by atoms with Crippen molar-refractivity contribution in [3.05, 3.63) is 51.4 Å². The van der Waals surface area contributed by atoms with Gasteiger partial charge in [0.1, 0.15) is 5.56 Å². The van der Waals surface area contributed by atoms with Crippen LogP contribution in [0.2, 0.25) is 0 Å². The summed E-state index contributed by atoms with van der Waals surface area (Å²) in [4.78, 5) is 28.8. The van der Waals surface area contributed by atoms with E-state index in [1.54, 1.807) is 4.57 Å². The first-order valence-electron chi connectivity index (χ1n) is 6.67. The fourth-order valence-corrected chi connectivity index (χ4v) is 3.23. The SMILES string of the molecule is Cc1ccc(NC(=O)c2cnc3n(c2=O)CCS3)c(C)c1. The molecule has 0 spiro atoms. The van der Waals surface area contributed by atoms with Gasteiger partial charge in [0.05, 0.1) is 0 Å². The van der Waals surface area contributed by atoms with E-state index in [2.05, 4.69) is 10.3 Å². The van der Waals surface area contributed by atoms with Crippen molar-refractivity contribution < 1.29 is 4.79 Å². The summed E-state index contributed by atoms with van der Waals surface area (Å²) in [6.07, 6.45) is 1.37.